The van der Waals surface area contributed by atoms with E-state index in [1.54, 1.807) is 0 Å². The van der Waals surface area contributed by atoms with E-state index in [1.165, 1.54) is 36.1 Å². The Bertz CT molecular complexity index is 332. The number of allylic oxidation sites excluding steroid dienone is 1. The predicted octanol–water partition coefficient (Wildman–Crippen LogP) is 4.81. The Morgan fingerprint density at radius 2 is 1.81 bits per heavy atom. The Balaban J connectivity index is 2.56. The number of nitrogens with one attached hydrogen (secondary N) is 1. The lowest BCUT2D eigenvalue weighted by Crippen LogP contribution is -2.01. The van der Waals surface area contributed by atoms with Gasteiger partial charge in [0, 0.05) is 11.4 Å². The van der Waals surface area contributed by atoms with E-state index in [0.29, 0.717) is 0 Å². The molecule has 0 amide bonds. The number of hydrogen-bond acceptors (Lipinski definition) is 1. The minimum atomic E-state index is 1.07. The molecule has 1 N–H and O–H groups in total. The second kappa shape index (κ2) is 6.37. The molecule has 0 aliphatic rings. The molecule has 1 rings (SSSR count). The molecule has 0 saturated carbocycles. The van der Waals surface area contributed by atoms with Gasteiger partial charge >= 0.3 is 0 Å². The molecule has 1 aromatic carbocycles. The first-order chi connectivity index (χ1) is 7.65. The third-order valence-corrected chi connectivity index (χ3v) is 2.87. The molecule has 0 atom stereocenters. The van der Waals surface area contributed by atoms with Crippen molar-refractivity contribution in [3.63, 3.8) is 0 Å². The molecule has 0 unspecified atom stereocenters. The number of rotatable bonds is 6. The Morgan fingerprint density at radius 1 is 1.19 bits per heavy atom. The van der Waals surface area contributed by atoms with Gasteiger partial charge in [-0.2, -0.15) is 0 Å². The molecule has 0 aromatic heterocycles. The van der Waals surface area contributed by atoms with E-state index in [4.69, 9.17) is 0 Å². The second-order valence-corrected chi connectivity index (χ2v) is 4.45. The first kappa shape index (κ1) is 12.8. The maximum Gasteiger partial charge on any atom is 0.0441 e. The molecule has 1 heteroatoms. The molecular weight excluding hydrogens is 194 g/mol. The highest BCUT2D eigenvalue weighted by Gasteiger charge is 2.02. The fourth-order valence-corrected chi connectivity index (χ4v) is 1.84. The summed E-state index contributed by atoms with van der Waals surface area (Å²) in [6, 6.07) is 6.36. The number of benzene rings is 1. The van der Waals surface area contributed by atoms with Gasteiger partial charge in [-0.1, -0.05) is 44.5 Å². The van der Waals surface area contributed by atoms with Gasteiger partial charge in [0.15, 0.2) is 0 Å². The van der Waals surface area contributed by atoms with Gasteiger partial charge in [-0.15, -0.1) is 0 Å². The summed E-state index contributed by atoms with van der Waals surface area (Å²) < 4.78 is 0. The summed E-state index contributed by atoms with van der Waals surface area (Å²) >= 11 is 0. The summed E-state index contributed by atoms with van der Waals surface area (Å²) in [7, 11) is 0. The maximum absolute atomic E-state index is 4.09. The highest BCUT2D eigenvalue weighted by atomic mass is 14.9. The molecule has 0 spiro atoms. The minimum absolute atomic E-state index is 1.07. The summed E-state index contributed by atoms with van der Waals surface area (Å²) in [5.41, 5.74) is 4.93. The molecule has 0 heterocycles. The van der Waals surface area contributed by atoms with E-state index < -0.39 is 0 Å². The van der Waals surface area contributed by atoms with Crippen LogP contribution in [0.4, 0.5) is 5.69 Å². The number of unbranched alkanes of at least 4 members (excludes halogenated alkanes) is 2. The number of aryl methyl sites for hydroxylation is 2. The fraction of sp³-hybridized carbons (Fsp3) is 0.467. The Labute approximate surface area is 99.6 Å². The zero-order valence-electron chi connectivity index (χ0n) is 10.8. The van der Waals surface area contributed by atoms with Crippen molar-refractivity contribution in [1.29, 1.82) is 0 Å². The van der Waals surface area contributed by atoms with Crippen LogP contribution in [0.5, 0.6) is 0 Å². The van der Waals surface area contributed by atoms with Crippen molar-refractivity contribution in [1.82, 2.24) is 0 Å². The normalized spacial score (nSPS) is 10.2. The highest BCUT2D eigenvalue weighted by molar-refractivity contribution is 5.59. The molecule has 1 aromatic rings. The van der Waals surface area contributed by atoms with Gasteiger partial charge in [0.25, 0.3) is 0 Å². The lowest BCUT2D eigenvalue weighted by Gasteiger charge is -2.14. The Kier molecular flexibility index (Phi) is 5.10. The molecule has 0 aliphatic heterocycles. The number of para-hydroxylation sites is 1. The SMILES string of the molecule is C=C(CCCCC)Nc1c(C)cccc1C. The third-order valence-electron chi connectivity index (χ3n) is 2.87. The van der Waals surface area contributed by atoms with Crippen molar-refractivity contribution < 1.29 is 0 Å². The van der Waals surface area contributed by atoms with Crippen LogP contribution in [0.3, 0.4) is 0 Å². The first-order valence-electron chi connectivity index (χ1n) is 6.16. The molecule has 0 saturated heterocycles. The predicted molar refractivity (Wildman–Crippen MR) is 72.8 cm³/mol. The zero-order chi connectivity index (χ0) is 12.0. The highest BCUT2D eigenvalue weighted by Crippen LogP contribution is 2.22. The van der Waals surface area contributed by atoms with Gasteiger partial charge in [0.2, 0.25) is 0 Å². The molecule has 0 fully saturated rings. The van der Waals surface area contributed by atoms with Crippen LogP contribution in [0.25, 0.3) is 0 Å². The van der Waals surface area contributed by atoms with Crippen LogP contribution in [0.1, 0.15) is 43.7 Å². The van der Waals surface area contributed by atoms with Gasteiger partial charge in [-0.3, -0.25) is 0 Å². The minimum Gasteiger partial charge on any atom is -0.359 e. The Morgan fingerprint density at radius 3 is 2.38 bits per heavy atom. The largest absolute Gasteiger partial charge is 0.359 e. The van der Waals surface area contributed by atoms with Gasteiger partial charge in [0.1, 0.15) is 0 Å². The molecule has 1 nitrogen and oxygen atoms in total. The van der Waals surface area contributed by atoms with Crippen LogP contribution in [0, 0.1) is 13.8 Å². The lowest BCUT2D eigenvalue weighted by molar-refractivity contribution is 0.715. The smallest absolute Gasteiger partial charge is 0.0441 e. The maximum atomic E-state index is 4.09. The standard InChI is InChI=1S/C15H23N/c1-5-6-7-11-14(4)16-15-12(2)9-8-10-13(15)3/h8-10,16H,4-7,11H2,1-3H3. The van der Waals surface area contributed by atoms with Gasteiger partial charge < -0.3 is 5.32 Å². The van der Waals surface area contributed by atoms with Gasteiger partial charge in [-0.25, -0.2) is 0 Å². The number of hydrogen-bond donors (Lipinski definition) is 1. The monoisotopic (exact) mass is 217 g/mol. The molecule has 16 heavy (non-hydrogen) atoms. The molecule has 0 bridgehead atoms. The second-order valence-electron chi connectivity index (χ2n) is 4.45. The average molecular weight is 217 g/mol. The summed E-state index contributed by atoms with van der Waals surface area (Å²) in [6.07, 6.45) is 4.85. The number of anilines is 1. The van der Waals surface area contributed by atoms with Crippen LogP contribution >= 0.6 is 0 Å². The molecular formula is C15H23N. The average Bonchev–Trinajstić information content (AvgIpc) is 2.24. The fourth-order valence-electron chi connectivity index (χ4n) is 1.84. The van der Waals surface area contributed by atoms with Crippen LogP contribution in [0.15, 0.2) is 30.5 Å². The van der Waals surface area contributed by atoms with Crippen molar-refractivity contribution >= 4 is 5.69 Å². The van der Waals surface area contributed by atoms with Crippen LogP contribution in [-0.4, -0.2) is 0 Å². The van der Waals surface area contributed by atoms with Crippen molar-refractivity contribution in [3.8, 4) is 0 Å². The molecule has 0 radical (unpaired) electrons. The third kappa shape index (κ3) is 3.73. The van der Waals surface area contributed by atoms with E-state index in [-0.39, 0.29) is 0 Å². The van der Waals surface area contributed by atoms with Crippen molar-refractivity contribution in [3.05, 3.63) is 41.6 Å². The van der Waals surface area contributed by atoms with E-state index in [2.05, 4.69) is 50.9 Å². The topological polar surface area (TPSA) is 12.0 Å². The quantitative estimate of drug-likeness (QED) is 0.674. The molecule has 0 aliphatic carbocycles. The van der Waals surface area contributed by atoms with Crippen LogP contribution in [0.2, 0.25) is 0 Å². The van der Waals surface area contributed by atoms with Gasteiger partial charge in [0.05, 0.1) is 0 Å². The van der Waals surface area contributed by atoms with Crippen molar-refractivity contribution in [2.24, 2.45) is 0 Å². The summed E-state index contributed by atoms with van der Waals surface area (Å²) in [6.45, 7) is 10.6. The molecule has 88 valence electrons. The van der Waals surface area contributed by atoms with Crippen molar-refractivity contribution in [2.75, 3.05) is 5.32 Å². The van der Waals surface area contributed by atoms with Crippen molar-refractivity contribution in [2.45, 2.75) is 46.5 Å². The summed E-state index contributed by atoms with van der Waals surface area (Å²) in [5, 5.41) is 3.44. The van der Waals surface area contributed by atoms with E-state index in [9.17, 15) is 0 Å². The first-order valence-corrected chi connectivity index (χ1v) is 6.16. The summed E-state index contributed by atoms with van der Waals surface area (Å²) in [5.74, 6) is 0. The van der Waals surface area contributed by atoms with E-state index in [0.717, 1.165) is 12.1 Å². The summed E-state index contributed by atoms with van der Waals surface area (Å²) in [4.78, 5) is 0. The lowest BCUT2D eigenvalue weighted by atomic mass is 10.1. The van der Waals surface area contributed by atoms with Crippen LogP contribution < -0.4 is 5.32 Å². The van der Waals surface area contributed by atoms with E-state index >= 15 is 0 Å². The van der Waals surface area contributed by atoms with Gasteiger partial charge in [-0.05, 0) is 37.8 Å². The van der Waals surface area contributed by atoms with E-state index in [1.807, 2.05) is 0 Å². The van der Waals surface area contributed by atoms with Crippen LogP contribution in [-0.2, 0) is 0 Å². The Hall–Kier alpha value is -1.24. The zero-order valence-corrected chi connectivity index (χ0v) is 10.8.